The fourth-order valence-corrected chi connectivity index (χ4v) is 2.60. The number of ketones is 1. The zero-order chi connectivity index (χ0) is 11.5. The normalized spacial score (nSPS) is 15.2. The number of hydrogen-bond acceptors (Lipinski definition) is 5. The van der Waals surface area contributed by atoms with Crippen LogP contribution in [0, 0.1) is 6.92 Å². The van der Waals surface area contributed by atoms with Crippen LogP contribution < -0.4 is 5.43 Å². The maximum Gasteiger partial charge on any atom is 0.204 e. The number of nitrogens with one attached hydrogen (secondary N) is 1. The van der Waals surface area contributed by atoms with E-state index >= 15 is 0 Å². The lowest BCUT2D eigenvalue weighted by molar-refractivity contribution is 0.102. The van der Waals surface area contributed by atoms with Gasteiger partial charge in [-0.3, -0.25) is 10.2 Å². The number of Topliss-reactive ketones (excluding diaryl/α,β-unsaturated/α-hetero) is 1. The maximum atomic E-state index is 11.2. The number of thiazole rings is 1. The first-order valence-corrected chi connectivity index (χ1v) is 6.28. The van der Waals surface area contributed by atoms with Crippen LogP contribution in [0.2, 0.25) is 0 Å². The molecule has 0 aromatic carbocycles. The molecule has 16 heavy (non-hydrogen) atoms. The SMILES string of the molecule is CC(=O)c1sc(NN=C2CCCC2)nc1C. The van der Waals surface area contributed by atoms with Crippen molar-refractivity contribution in [1.82, 2.24) is 4.98 Å². The quantitative estimate of drug-likeness (QED) is 0.649. The summed E-state index contributed by atoms with van der Waals surface area (Å²) in [6.07, 6.45) is 4.63. The minimum Gasteiger partial charge on any atom is -0.294 e. The molecule has 2 rings (SSSR count). The van der Waals surface area contributed by atoms with Gasteiger partial charge in [0, 0.05) is 12.6 Å². The maximum absolute atomic E-state index is 11.2. The zero-order valence-corrected chi connectivity index (χ0v) is 10.4. The van der Waals surface area contributed by atoms with Crippen molar-refractivity contribution in [1.29, 1.82) is 0 Å². The van der Waals surface area contributed by atoms with E-state index in [0.29, 0.717) is 10.0 Å². The van der Waals surface area contributed by atoms with Gasteiger partial charge in [-0.2, -0.15) is 5.10 Å². The smallest absolute Gasteiger partial charge is 0.204 e. The van der Waals surface area contributed by atoms with Crippen molar-refractivity contribution in [3.05, 3.63) is 10.6 Å². The van der Waals surface area contributed by atoms with Gasteiger partial charge in [0.25, 0.3) is 0 Å². The van der Waals surface area contributed by atoms with Gasteiger partial charge in [0.1, 0.15) is 0 Å². The molecule has 4 nitrogen and oxygen atoms in total. The van der Waals surface area contributed by atoms with Gasteiger partial charge in [0.05, 0.1) is 10.6 Å². The molecule has 1 aromatic heterocycles. The van der Waals surface area contributed by atoms with E-state index in [1.165, 1.54) is 29.9 Å². The van der Waals surface area contributed by atoms with E-state index in [4.69, 9.17) is 0 Å². The average Bonchev–Trinajstić information content (AvgIpc) is 2.83. The van der Waals surface area contributed by atoms with E-state index in [2.05, 4.69) is 15.5 Å². The van der Waals surface area contributed by atoms with Crippen LogP contribution in [-0.4, -0.2) is 16.5 Å². The summed E-state index contributed by atoms with van der Waals surface area (Å²) in [5, 5.41) is 5.02. The van der Waals surface area contributed by atoms with E-state index < -0.39 is 0 Å². The van der Waals surface area contributed by atoms with Gasteiger partial charge < -0.3 is 0 Å². The van der Waals surface area contributed by atoms with Crippen LogP contribution in [0.1, 0.15) is 48.0 Å². The summed E-state index contributed by atoms with van der Waals surface area (Å²) in [5.74, 6) is 0.0663. The molecule has 0 saturated heterocycles. The summed E-state index contributed by atoms with van der Waals surface area (Å²) in [6, 6.07) is 0. The first-order valence-electron chi connectivity index (χ1n) is 5.46. The lowest BCUT2D eigenvalue weighted by atomic mass is 10.3. The fraction of sp³-hybridized carbons (Fsp3) is 0.545. The van der Waals surface area contributed by atoms with Crippen LogP contribution in [0.4, 0.5) is 5.13 Å². The monoisotopic (exact) mass is 237 g/mol. The average molecular weight is 237 g/mol. The van der Waals surface area contributed by atoms with Crippen molar-refractivity contribution >= 4 is 28.0 Å². The van der Waals surface area contributed by atoms with Gasteiger partial charge in [-0.25, -0.2) is 4.98 Å². The predicted octanol–water partition coefficient (Wildman–Crippen LogP) is 3.00. The molecular weight excluding hydrogens is 222 g/mol. The molecule has 0 atom stereocenters. The fourth-order valence-electron chi connectivity index (χ4n) is 1.79. The Morgan fingerprint density at radius 1 is 1.44 bits per heavy atom. The topological polar surface area (TPSA) is 54.4 Å². The van der Waals surface area contributed by atoms with E-state index in [9.17, 15) is 4.79 Å². The molecule has 1 aromatic rings. The Morgan fingerprint density at radius 3 is 2.69 bits per heavy atom. The van der Waals surface area contributed by atoms with Crippen molar-refractivity contribution < 1.29 is 4.79 Å². The lowest BCUT2D eigenvalue weighted by Gasteiger charge is -1.95. The highest BCUT2D eigenvalue weighted by Gasteiger charge is 2.12. The third-order valence-electron chi connectivity index (χ3n) is 2.61. The van der Waals surface area contributed by atoms with Crippen molar-refractivity contribution in [2.45, 2.75) is 39.5 Å². The number of rotatable bonds is 3. The molecule has 0 aliphatic heterocycles. The zero-order valence-electron chi connectivity index (χ0n) is 9.54. The van der Waals surface area contributed by atoms with Crippen LogP contribution in [0.5, 0.6) is 0 Å². The molecule has 0 unspecified atom stereocenters. The molecule has 86 valence electrons. The molecule has 5 heteroatoms. The Kier molecular flexibility index (Phi) is 3.33. The van der Waals surface area contributed by atoms with Crippen LogP contribution in [0.15, 0.2) is 5.10 Å². The number of carbonyl (C=O) groups excluding carboxylic acids is 1. The van der Waals surface area contributed by atoms with E-state index in [0.717, 1.165) is 18.5 Å². The van der Waals surface area contributed by atoms with E-state index in [-0.39, 0.29) is 5.78 Å². The molecule has 0 bridgehead atoms. The van der Waals surface area contributed by atoms with Gasteiger partial charge in [-0.05, 0) is 32.6 Å². The minimum absolute atomic E-state index is 0.0663. The largest absolute Gasteiger partial charge is 0.294 e. The molecule has 1 aliphatic rings. The molecule has 1 saturated carbocycles. The highest BCUT2D eigenvalue weighted by Crippen LogP contribution is 2.23. The number of hydrazone groups is 1. The van der Waals surface area contributed by atoms with Crippen molar-refractivity contribution in [2.75, 3.05) is 5.43 Å². The van der Waals surface area contributed by atoms with Crippen LogP contribution >= 0.6 is 11.3 Å². The summed E-state index contributed by atoms with van der Waals surface area (Å²) in [6.45, 7) is 3.41. The lowest BCUT2D eigenvalue weighted by Crippen LogP contribution is -1.95. The standard InChI is InChI=1S/C11H15N3OS/c1-7-10(8(2)15)16-11(12-7)14-13-9-5-3-4-6-9/h3-6H2,1-2H3,(H,12,14). The van der Waals surface area contributed by atoms with Crippen LogP contribution in [0.3, 0.4) is 0 Å². The van der Waals surface area contributed by atoms with E-state index in [1.54, 1.807) is 6.92 Å². The number of aromatic nitrogens is 1. The second kappa shape index (κ2) is 4.74. The molecule has 1 heterocycles. The second-order valence-electron chi connectivity index (χ2n) is 3.99. The van der Waals surface area contributed by atoms with Crippen molar-refractivity contribution in [2.24, 2.45) is 5.10 Å². The van der Waals surface area contributed by atoms with Crippen LogP contribution in [-0.2, 0) is 0 Å². The summed E-state index contributed by atoms with van der Waals surface area (Å²) in [7, 11) is 0. The van der Waals surface area contributed by atoms with Gasteiger partial charge in [-0.1, -0.05) is 11.3 Å². The minimum atomic E-state index is 0.0663. The van der Waals surface area contributed by atoms with Gasteiger partial charge >= 0.3 is 0 Å². The van der Waals surface area contributed by atoms with Gasteiger partial charge in [0.2, 0.25) is 5.13 Å². The van der Waals surface area contributed by atoms with E-state index in [1.807, 2.05) is 6.92 Å². The molecule has 1 aliphatic carbocycles. The summed E-state index contributed by atoms with van der Waals surface area (Å²) >= 11 is 1.37. The predicted molar refractivity (Wildman–Crippen MR) is 66.4 cm³/mol. The molecule has 0 spiro atoms. The molecular formula is C11H15N3OS. The Balaban J connectivity index is 2.07. The number of anilines is 1. The summed E-state index contributed by atoms with van der Waals surface area (Å²) in [4.78, 5) is 16.2. The Bertz CT molecular complexity index is 428. The third-order valence-corrected chi connectivity index (χ3v) is 3.77. The second-order valence-corrected chi connectivity index (χ2v) is 4.99. The number of carbonyl (C=O) groups is 1. The first kappa shape index (κ1) is 11.3. The Morgan fingerprint density at radius 2 is 2.12 bits per heavy atom. The summed E-state index contributed by atoms with van der Waals surface area (Å²) < 4.78 is 0. The van der Waals surface area contributed by atoms with Crippen molar-refractivity contribution in [3.63, 3.8) is 0 Å². The van der Waals surface area contributed by atoms with Gasteiger partial charge in [0.15, 0.2) is 5.78 Å². The number of aryl methyl sites for hydroxylation is 1. The molecule has 0 amide bonds. The number of nitrogens with zero attached hydrogens (tertiary/aromatic N) is 2. The Labute approximate surface area is 98.8 Å². The molecule has 0 radical (unpaired) electrons. The van der Waals surface area contributed by atoms with Crippen LogP contribution in [0.25, 0.3) is 0 Å². The Hall–Kier alpha value is -1.23. The molecule has 1 N–H and O–H groups in total. The summed E-state index contributed by atoms with van der Waals surface area (Å²) in [5.41, 5.74) is 4.94. The number of hydrogen-bond donors (Lipinski definition) is 1. The first-order chi connectivity index (χ1) is 7.66. The van der Waals surface area contributed by atoms with Crippen molar-refractivity contribution in [3.8, 4) is 0 Å². The highest BCUT2D eigenvalue weighted by atomic mass is 32.1. The molecule has 1 fully saturated rings. The van der Waals surface area contributed by atoms with Gasteiger partial charge in [-0.15, -0.1) is 0 Å². The third kappa shape index (κ3) is 2.47. The highest BCUT2D eigenvalue weighted by molar-refractivity contribution is 7.17.